The molecule has 2 heteroatoms. The lowest BCUT2D eigenvalue weighted by Crippen LogP contribution is -2.40. The van der Waals surface area contributed by atoms with Crippen LogP contribution in [0.2, 0.25) is 0 Å². The van der Waals surface area contributed by atoms with Crippen LogP contribution in [0.3, 0.4) is 0 Å². The molecule has 4 saturated carbocycles. The van der Waals surface area contributed by atoms with Gasteiger partial charge in [0.25, 0.3) is 0 Å². The van der Waals surface area contributed by atoms with E-state index in [0.29, 0.717) is 20.3 Å². The van der Waals surface area contributed by atoms with Gasteiger partial charge in [-0.05, 0) is 50.4 Å². The van der Waals surface area contributed by atoms with Gasteiger partial charge < -0.3 is 0 Å². The van der Waals surface area contributed by atoms with Crippen molar-refractivity contribution in [1.82, 2.24) is 0 Å². The summed E-state index contributed by atoms with van der Waals surface area (Å²) in [5.41, 5.74) is 3.68. The van der Waals surface area contributed by atoms with E-state index in [1.54, 1.807) is 0 Å². The average molecular weight is 335 g/mol. The molecule has 0 heterocycles. The maximum Gasteiger partial charge on any atom is 0.0357 e. The van der Waals surface area contributed by atoms with Crippen LogP contribution in [0.4, 0.5) is 0 Å². The van der Waals surface area contributed by atoms with Crippen molar-refractivity contribution >= 4 is 21.6 Å². The van der Waals surface area contributed by atoms with Gasteiger partial charge in [-0.15, -0.1) is 0 Å². The first-order chi connectivity index (χ1) is 10.2. The Labute approximate surface area is 144 Å². The topological polar surface area (TPSA) is 0 Å². The third kappa shape index (κ3) is 1.64. The van der Waals surface area contributed by atoms with E-state index in [-0.39, 0.29) is 0 Å². The van der Waals surface area contributed by atoms with Crippen LogP contribution < -0.4 is 0 Å². The molecular weight excluding hydrogens is 304 g/mol. The van der Waals surface area contributed by atoms with E-state index in [9.17, 15) is 0 Å². The summed E-state index contributed by atoms with van der Waals surface area (Å²) < 4.78 is 0.874. The number of hydrogen-bond donors (Lipinski definition) is 0. The Morgan fingerprint density at radius 2 is 1.14 bits per heavy atom. The summed E-state index contributed by atoms with van der Waals surface area (Å²) in [6, 6.07) is 0. The molecule has 0 radical (unpaired) electrons. The third-order valence-electron chi connectivity index (χ3n) is 8.18. The van der Waals surface area contributed by atoms with Crippen molar-refractivity contribution in [3.05, 3.63) is 24.3 Å². The van der Waals surface area contributed by atoms with Gasteiger partial charge in [0, 0.05) is 20.3 Å². The van der Waals surface area contributed by atoms with Crippen LogP contribution >= 0.6 is 21.6 Å². The Bertz CT molecular complexity index is 508. The SMILES string of the molecule is C=C1C2CCC(SSC34CCC(C3)C(=C)C4(C)C)(C2)C1(C)C. The predicted octanol–water partition coefficient (Wildman–Crippen LogP) is 6.64. The van der Waals surface area contributed by atoms with E-state index in [0.717, 1.165) is 11.8 Å². The lowest BCUT2D eigenvalue weighted by molar-refractivity contribution is 0.322. The minimum atomic E-state index is 0.308. The van der Waals surface area contributed by atoms with Crippen molar-refractivity contribution in [1.29, 1.82) is 0 Å². The van der Waals surface area contributed by atoms with Gasteiger partial charge in [-0.2, -0.15) is 0 Å². The first-order valence-electron chi connectivity index (χ1n) is 8.91. The Kier molecular flexibility index (Phi) is 3.15. The summed E-state index contributed by atoms with van der Waals surface area (Å²) in [5, 5.41) is 0. The highest BCUT2D eigenvalue weighted by Gasteiger charge is 2.63. The minimum Gasteiger partial charge on any atom is -0.0990 e. The molecule has 0 aromatic rings. The lowest BCUT2D eigenvalue weighted by atomic mass is 9.73. The van der Waals surface area contributed by atoms with E-state index >= 15 is 0 Å². The van der Waals surface area contributed by atoms with Gasteiger partial charge >= 0.3 is 0 Å². The maximum atomic E-state index is 4.46. The second-order valence-electron chi connectivity index (χ2n) is 9.34. The van der Waals surface area contributed by atoms with Crippen molar-refractivity contribution in [2.45, 2.75) is 75.7 Å². The molecule has 22 heavy (non-hydrogen) atoms. The summed E-state index contributed by atoms with van der Waals surface area (Å²) in [7, 11) is 4.50. The van der Waals surface area contributed by atoms with Crippen molar-refractivity contribution in [3.8, 4) is 0 Å². The Balaban J connectivity index is 1.59. The molecule has 122 valence electrons. The summed E-state index contributed by atoms with van der Waals surface area (Å²) in [5.74, 6) is 1.59. The summed E-state index contributed by atoms with van der Waals surface area (Å²) in [4.78, 5) is 0. The molecule has 0 spiro atoms. The zero-order valence-corrected chi connectivity index (χ0v) is 16.3. The largest absolute Gasteiger partial charge is 0.0990 e. The van der Waals surface area contributed by atoms with Crippen LogP contribution in [-0.2, 0) is 0 Å². The quantitative estimate of drug-likeness (QED) is 0.419. The third-order valence-corrected chi connectivity index (χ3v) is 12.8. The Morgan fingerprint density at radius 1 is 0.773 bits per heavy atom. The van der Waals surface area contributed by atoms with Crippen LogP contribution in [0.25, 0.3) is 0 Å². The fourth-order valence-corrected chi connectivity index (χ4v) is 10.9. The molecule has 0 aliphatic heterocycles. The second kappa shape index (κ2) is 4.42. The molecule has 0 saturated heterocycles. The fourth-order valence-electron chi connectivity index (χ4n) is 5.87. The number of hydrogen-bond acceptors (Lipinski definition) is 2. The van der Waals surface area contributed by atoms with Crippen molar-refractivity contribution in [2.24, 2.45) is 22.7 Å². The van der Waals surface area contributed by atoms with Gasteiger partial charge in [-0.25, -0.2) is 0 Å². The van der Waals surface area contributed by atoms with Gasteiger partial charge in [-0.1, -0.05) is 73.6 Å². The minimum absolute atomic E-state index is 0.308. The molecule has 4 bridgehead atoms. The summed E-state index contributed by atoms with van der Waals surface area (Å²) in [6.45, 7) is 18.7. The van der Waals surface area contributed by atoms with Gasteiger partial charge in [0.1, 0.15) is 0 Å². The van der Waals surface area contributed by atoms with Crippen molar-refractivity contribution in [3.63, 3.8) is 0 Å². The van der Waals surface area contributed by atoms with Crippen molar-refractivity contribution < 1.29 is 0 Å². The van der Waals surface area contributed by atoms with E-state index in [1.165, 1.54) is 49.7 Å². The fraction of sp³-hybridized carbons (Fsp3) is 0.800. The van der Waals surface area contributed by atoms with E-state index in [1.807, 2.05) is 0 Å². The molecule has 0 amide bonds. The first kappa shape index (κ1) is 15.7. The van der Waals surface area contributed by atoms with E-state index in [2.05, 4.69) is 62.4 Å². The highest BCUT2D eigenvalue weighted by molar-refractivity contribution is 8.77. The normalized spacial score (nSPS) is 47.6. The molecule has 0 aromatic carbocycles. The van der Waals surface area contributed by atoms with Crippen LogP contribution in [-0.4, -0.2) is 9.49 Å². The summed E-state index contributed by atoms with van der Waals surface area (Å²) in [6.07, 6.45) is 8.28. The highest BCUT2D eigenvalue weighted by atomic mass is 33.1. The molecule has 4 fully saturated rings. The number of rotatable bonds is 3. The number of fused-ring (bicyclic) bond motifs is 4. The zero-order valence-electron chi connectivity index (χ0n) is 14.6. The second-order valence-corrected chi connectivity index (χ2v) is 12.2. The first-order valence-corrected chi connectivity index (χ1v) is 11.1. The zero-order chi connectivity index (χ0) is 16.0. The molecule has 4 unspecified atom stereocenters. The summed E-state index contributed by atoms with van der Waals surface area (Å²) >= 11 is 0. The molecule has 4 atom stereocenters. The van der Waals surface area contributed by atoms with Crippen LogP contribution in [0.5, 0.6) is 0 Å². The van der Waals surface area contributed by atoms with Crippen LogP contribution in [0.15, 0.2) is 24.3 Å². The maximum absolute atomic E-state index is 4.46. The smallest absolute Gasteiger partial charge is 0.0357 e. The Morgan fingerprint density at radius 3 is 1.41 bits per heavy atom. The number of allylic oxidation sites excluding steroid dienone is 2. The van der Waals surface area contributed by atoms with Crippen molar-refractivity contribution in [2.75, 3.05) is 0 Å². The standard InChI is InChI=1S/C20H30S2/c1-13-15-7-9-19(11-15,17(13,3)4)21-22-20-10-8-16(12-20)14(2)18(20,5)6/h15-16H,1-2,7-12H2,3-6H3. The monoisotopic (exact) mass is 334 g/mol. The molecule has 0 aromatic heterocycles. The van der Waals surface area contributed by atoms with Gasteiger partial charge in [0.2, 0.25) is 0 Å². The highest BCUT2D eigenvalue weighted by Crippen LogP contribution is 2.74. The van der Waals surface area contributed by atoms with Crippen LogP contribution in [0.1, 0.15) is 66.2 Å². The molecule has 0 N–H and O–H groups in total. The molecule has 4 rings (SSSR count). The van der Waals surface area contributed by atoms with Gasteiger partial charge in [-0.3, -0.25) is 0 Å². The molecule has 4 aliphatic carbocycles. The van der Waals surface area contributed by atoms with E-state index in [4.69, 9.17) is 0 Å². The van der Waals surface area contributed by atoms with E-state index < -0.39 is 0 Å². The molecule has 0 nitrogen and oxygen atoms in total. The molecule has 4 aliphatic rings. The van der Waals surface area contributed by atoms with Gasteiger partial charge in [0.05, 0.1) is 0 Å². The predicted molar refractivity (Wildman–Crippen MR) is 101 cm³/mol. The van der Waals surface area contributed by atoms with Crippen LogP contribution in [0, 0.1) is 22.7 Å². The lowest BCUT2D eigenvalue weighted by Gasteiger charge is -2.47. The molecular formula is C20H30S2. The average Bonchev–Trinajstić information content (AvgIpc) is 3.15. The van der Waals surface area contributed by atoms with Gasteiger partial charge in [0.15, 0.2) is 0 Å². The Hall–Kier alpha value is 0.180.